The Morgan fingerprint density at radius 1 is 1.17 bits per heavy atom. The number of carbonyl (C=O) groups is 2. The normalized spacial score (nSPS) is 15.9. The maximum absolute atomic E-state index is 12.9. The Hall–Kier alpha value is -3.00. The number of benzene rings is 1. The third-order valence-corrected chi connectivity index (χ3v) is 6.72. The van der Waals surface area contributed by atoms with Crippen LogP contribution in [0, 0.1) is 0 Å². The van der Waals surface area contributed by atoms with Crippen molar-refractivity contribution in [3.63, 3.8) is 0 Å². The minimum atomic E-state index is -0.301. The van der Waals surface area contributed by atoms with Gasteiger partial charge in [-0.05, 0) is 49.4 Å². The highest BCUT2D eigenvalue weighted by molar-refractivity contribution is 7.18. The summed E-state index contributed by atoms with van der Waals surface area (Å²) in [7, 11) is 0. The number of rotatable bonds is 4. The molecule has 2 amide bonds. The second-order valence-electron chi connectivity index (χ2n) is 7.46. The summed E-state index contributed by atoms with van der Waals surface area (Å²) in [6.07, 6.45) is 5.84. The van der Waals surface area contributed by atoms with E-state index < -0.39 is 0 Å². The van der Waals surface area contributed by atoms with Gasteiger partial charge >= 0.3 is 0 Å². The average Bonchev–Trinajstić information content (AvgIpc) is 3.40. The number of nitrogens with one attached hydrogen (secondary N) is 1. The molecule has 0 unspecified atom stereocenters. The van der Waals surface area contributed by atoms with Gasteiger partial charge in [-0.1, -0.05) is 6.07 Å². The predicted octanol–water partition coefficient (Wildman–Crippen LogP) is 2.71. The number of hydrogen-bond acceptors (Lipinski definition) is 5. The third kappa shape index (κ3) is 3.23. The summed E-state index contributed by atoms with van der Waals surface area (Å²) in [6, 6.07) is 7.23. The van der Waals surface area contributed by atoms with Crippen LogP contribution in [-0.4, -0.2) is 27.9 Å². The molecule has 3 aromatic rings. The van der Waals surface area contributed by atoms with Crippen molar-refractivity contribution in [3.05, 3.63) is 51.4 Å². The Balaban J connectivity index is 1.36. The highest BCUT2D eigenvalue weighted by atomic mass is 32.1. The lowest BCUT2D eigenvalue weighted by molar-refractivity contribution is -0.117. The Morgan fingerprint density at radius 2 is 2.07 bits per heavy atom. The summed E-state index contributed by atoms with van der Waals surface area (Å²) in [5.41, 5.74) is 2.34. The van der Waals surface area contributed by atoms with E-state index in [1.54, 1.807) is 28.4 Å². The number of carbonyl (C=O) groups excluding carboxylic acids is 2. The van der Waals surface area contributed by atoms with Crippen molar-refractivity contribution >= 4 is 44.7 Å². The van der Waals surface area contributed by atoms with Crippen LogP contribution in [0.15, 0.2) is 35.4 Å². The number of anilines is 2. The molecule has 1 saturated heterocycles. The lowest BCUT2D eigenvalue weighted by atomic mass is 10.2. The molecule has 3 heterocycles. The van der Waals surface area contributed by atoms with Crippen LogP contribution in [0.25, 0.3) is 10.2 Å². The second kappa shape index (κ2) is 7.11. The van der Waals surface area contributed by atoms with Gasteiger partial charge in [0.05, 0.1) is 11.7 Å². The van der Waals surface area contributed by atoms with Gasteiger partial charge in [-0.3, -0.25) is 19.0 Å². The Kier molecular flexibility index (Phi) is 4.43. The molecular formula is C21H20N4O3S. The minimum absolute atomic E-state index is 0.0980. The molecule has 8 heteroatoms. The van der Waals surface area contributed by atoms with Crippen molar-refractivity contribution in [2.45, 2.75) is 38.6 Å². The van der Waals surface area contributed by atoms with Crippen LogP contribution in [0.1, 0.15) is 29.7 Å². The molecule has 5 rings (SSSR count). The average molecular weight is 408 g/mol. The maximum atomic E-state index is 12.9. The van der Waals surface area contributed by atoms with Crippen molar-refractivity contribution in [2.24, 2.45) is 0 Å². The van der Waals surface area contributed by atoms with Gasteiger partial charge in [-0.15, -0.1) is 11.3 Å². The zero-order valence-corrected chi connectivity index (χ0v) is 16.6. The van der Waals surface area contributed by atoms with Gasteiger partial charge in [0.1, 0.15) is 11.4 Å². The van der Waals surface area contributed by atoms with Crippen molar-refractivity contribution in [3.8, 4) is 0 Å². The van der Waals surface area contributed by atoms with Crippen LogP contribution in [0.2, 0.25) is 0 Å². The number of fused-ring (bicyclic) bond motifs is 3. The highest BCUT2D eigenvalue weighted by Gasteiger charge is 2.23. The molecule has 148 valence electrons. The largest absolute Gasteiger partial charge is 0.324 e. The lowest BCUT2D eigenvalue weighted by Crippen LogP contribution is -2.28. The third-order valence-electron chi connectivity index (χ3n) is 5.52. The molecule has 0 saturated carbocycles. The summed E-state index contributed by atoms with van der Waals surface area (Å²) >= 11 is 1.59. The number of thiophene rings is 1. The monoisotopic (exact) mass is 408 g/mol. The van der Waals surface area contributed by atoms with Gasteiger partial charge in [-0.2, -0.15) is 0 Å². The van der Waals surface area contributed by atoms with Crippen molar-refractivity contribution in [2.75, 3.05) is 16.8 Å². The summed E-state index contributed by atoms with van der Waals surface area (Å²) < 4.78 is 1.37. The summed E-state index contributed by atoms with van der Waals surface area (Å²) in [6.45, 7) is 0.599. The van der Waals surface area contributed by atoms with Crippen LogP contribution >= 0.6 is 11.3 Å². The van der Waals surface area contributed by atoms with Crippen LogP contribution in [-0.2, 0) is 29.0 Å². The van der Waals surface area contributed by atoms with E-state index in [4.69, 9.17) is 0 Å². The van der Waals surface area contributed by atoms with Crippen LogP contribution in [0.3, 0.4) is 0 Å². The molecule has 7 nitrogen and oxygen atoms in total. The van der Waals surface area contributed by atoms with Crippen molar-refractivity contribution < 1.29 is 9.59 Å². The van der Waals surface area contributed by atoms with Gasteiger partial charge < -0.3 is 10.2 Å². The molecule has 2 aliphatic rings. The molecule has 1 aromatic carbocycles. The van der Waals surface area contributed by atoms with Gasteiger partial charge in [-0.25, -0.2) is 4.98 Å². The van der Waals surface area contributed by atoms with Crippen molar-refractivity contribution in [1.82, 2.24) is 9.55 Å². The first kappa shape index (κ1) is 18.1. The van der Waals surface area contributed by atoms with E-state index in [1.165, 1.54) is 15.8 Å². The number of nitrogens with zero attached hydrogens (tertiary/aromatic N) is 3. The molecule has 1 N–H and O–H groups in total. The topological polar surface area (TPSA) is 84.3 Å². The molecule has 0 spiro atoms. The van der Waals surface area contributed by atoms with Crippen LogP contribution in [0.4, 0.5) is 11.4 Å². The Labute approximate surface area is 171 Å². The van der Waals surface area contributed by atoms with Gasteiger partial charge in [0.15, 0.2) is 0 Å². The molecule has 29 heavy (non-hydrogen) atoms. The second-order valence-corrected chi connectivity index (χ2v) is 8.55. The van der Waals surface area contributed by atoms with E-state index in [0.717, 1.165) is 41.8 Å². The zero-order chi connectivity index (χ0) is 20.0. The SMILES string of the molecule is O=C(Cn1cnc2sc3c(c2c1=O)CCC3)Nc1cccc(N2CCCC2=O)c1. The standard InChI is InChI=1S/C21H20N4O3S/c26-17(23-13-4-1-5-14(10-13)25-9-3-8-18(25)27)11-24-12-22-20-19(21(24)28)15-6-2-7-16(15)29-20/h1,4-5,10,12H,2-3,6-9,11H2,(H,23,26). The molecule has 0 bridgehead atoms. The Morgan fingerprint density at radius 3 is 2.90 bits per heavy atom. The van der Waals surface area contributed by atoms with E-state index in [9.17, 15) is 14.4 Å². The fourth-order valence-corrected chi connectivity index (χ4v) is 5.38. The number of aryl methyl sites for hydroxylation is 2. The first-order chi connectivity index (χ1) is 14.1. The van der Waals surface area contributed by atoms with E-state index in [2.05, 4.69) is 10.3 Å². The molecule has 2 aromatic heterocycles. The Bertz CT molecular complexity index is 1200. The van der Waals surface area contributed by atoms with Crippen molar-refractivity contribution in [1.29, 1.82) is 0 Å². The molecule has 0 radical (unpaired) electrons. The van der Waals surface area contributed by atoms with Crippen LogP contribution < -0.4 is 15.8 Å². The molecule has 1 fully saturated rings. The number of hydrogen-bond donors (Lipinski definition) is 1. The molecule has 1 aliphatic carbocycles. The van der Waals surface area contributed by atoms with Gasteiger partial charge in [0.2, 0.25) is 11.8 Å². The van der Waals surface area contributed by atoms with Gasteiger partial charge in [0, 0.05) is 29.2 Å². The molecule has 1 aliphatic heterocycles. The fourth-order valence-electron chi connectivity index (χ4n) is 4.16. The summed E-state index contributed by atoms with van der Waals surface area (Å²) in [5, 5.41) is 3.50. The van der Waals surface area contributed by atoms with Gasteiger partial charge in [0.25, 0.3) is 5.56 Å². The first-order valence-electron chi connectivity index (χ1n) is 9.80. The van der Waals surface area contributed by atoms with Crippen LogP contribution in [0.5, 0.6) is 0 Å². The number of amides is 2. The molecule has 0 atom stereocenters. The number of aromatic nitrogens is 2. The highest BCUT2D eigenvalue weighted by Crippen LogP contribution is 2.34. The smallest absolute Gasteiger partial charge is 0.262 e. The lowest BCUT2D eigenvalue weighted by Gasteiger charge is -2.17. The summed E-state index contributed by atoms with van der Waals surface area (Å²) in [4.78, 5) is 45.6. The molecular weight excluding hydrogens is 388 g/mol. The maximum Gasteiger partial charge on any atom is 0.262 e. The van der Waals surface area contributed by atoms with E-state index in [-0.39, 0.29) is 23.9 Å². The predicted molar refractivity (Wildman–Crippen MR) is 113 cm³/mol. The summed E-state index contributed by atoms with van der Waals surface area (Å²) in [5.74, 6) is -0.201. The fraction of sp³-hybridized carbons (Fsp3) is 0.333. The quantitative estimate of drug-likeness (QED) is 0.719. The van der Waals surface area contributed by atoms with E-state index in [0.29, 0.717) is 24.0 Å². The minimum Gasteiger partial charge on any atom is -0.324 e. The van der Waals surface area contributed by atoms with E-state index >= 15 is 0 Å². The zero-order valence-electron chi connectivity index (χ0n) is 15.8. The first-order valence-corrected chi connectivity index (χ1v) is 10.6. The van der Waals surface area contributed by atoms with E-state index in [1.807, 2.05) is 12.1 Å².